The molecule has 0 saturated carbocycles. The van der Waals surface area contributed by atoms with E-state index >= 15 is 0 Å². The Morgan fingerprint density at radius 3 is 2.74 bits per heavy atom. The van der Waals surface area contributed by atoms with Crippen molar-refractivity contribution in [3.8, 4) is 0 Å². The molecule has 5 nitrogen and oxygen atoms in total. The van der Waals surface area contributed by atoms with Gasteiger partial charge >= 0.3 is 0 Å². The van der Waals surface area contributed by atoms with E-state index in [9.17, 15) is 8.42 Å². The van der Waals surface area contributed by atoms with Crippen LogP contribution in [0.4, 0.5) is 0 Å². The molecule has 2 aliphatic rings. The highest BCUT2D eigenvalue weighted by Crippen LogP contribution is 2.33. The van der Waals surface area contributed by atoms with Gasteiger partial charge in [0.2, 0.25) is 10.0 Å². The largest absolute Gasteiger partial charge is 0.302 e. The van der Waals surface area contributed by atoms with Gasteiger partial charge in [0.15, 0.2) is 0 Å². The molecule has 2 atom stereocenters. The Morgan fingerprint density at radius 2 is 2.11 bits per heavy atom. The summed E-state index contributed by atoms with van der Waals surface area (Å²) in [6, 6.07) is 3.78. The van der Waals surface area contributed by atoms with Crippen molar-refractivity contribution in [3.05, 3.63) is 24.0 Å². The molecule has 2 saturated heterocycles. The number of rotatable bonds is 2. The number of nitrogens with zero attached hydrogens (tertiary/aromatic N) is 3. The molecule has 1 aromatic heterocycles. The Labute approximate surface area is 114 Å². The molecule has 0 unspecified atom stereocenters. The number of sulfonamides is 1. The van der Waals surface area contributed by atoms with Crippen molar-refractivity contribution in [1.29, 1.82) is 0 Å². The zero-order chi connectivity index (χ0) is 13.6. The molecule has 1 aromatic rings. The number of likely N-dealkylation sites (tertiary alicyclic amines) is 1. The summed E-state index contributed by atoms with van der Waals surface area (Å²) in [7, 11) is -1.30. The minimum atomic E-state index is -3.38. The molecule has 2 aliphatic heterocycles. The van der Waals surface area contributed by atoms with E-state index in [2.05, 4.69) is 16.9 Å². The fourth-order valence-corrected chi connectivity index (χ4v) is 4.55. The molecule has 2 fully saturated rings. The van der Waals surface area contributed by atoms with E-state index in [1.54, 1.807) is 16.4 Å². The topological polar surface area (TPSA) is 53.5 Å². The Balaban J connectivity index is 1.84. The summed E-state index contributed by atoms with van der Waals surface area (Å²) in [5.41, 5.74) is 0.831. The normalized spacial score (nSPS) is 28.7. The summed E-state index contributed by atoms with van der Waals surface area (Å²) in [4.78, 5) is 6.67. The van der Waals surface area contributed by atoms with Gasteiger partial charge < -0.3 is 4.90 Å². The maximum Gasteiger partial charge on any atom is 0.244 e. The number of aromatic nitrogens is 1. The molecule has 0 amide bonds. The van der Waals surface area contributed by atoms with Crippen LogP contribution in [-0.2, 0) is 10.0 Å². The number of likely N-dealkylation sites (N-methyl/N-ethyl adjacent to an activating group) is 1. The average Bonchev–Trinajstić information content (AvgIpc) is 2.93. The van der Waals surface area contributed by atoms with Gasteiger partial charge in [0.05, 0.1) is 0 Å². The predicted molar refractivity (Wildman–Crippen MR) is 72.3 cm³/mol. The van der Waals surface area contributed by atoms with Crippen molar-refractivity contribution in [2.75, 3.05) is 26.7 Å². The van der Waals surface area contributed by atoms with Crippen LogP contribution < -0.4 is 0 Å². The standard InChI is InChI=1S/C13H19N3O2S/c1-10-3-4-12(7-14-10)19(17,18)16-8-11-5-6-15(2)13(11)9-16/h3-4,7,11,13H,5-6,8-9H2,1-2H3/t11-,13+/m1/s1. The second-order valence-electron chi connectivity index (χ2n) is 5.55. The smallest absolute Gasteiger partial charge is 0.244 e. The van der Waals surface area contributed by atoms with Crippen molar-refractivity contribution < 1.29 is 8.42 Å². The van der Waals surface area contributed by atoms with Gasteiger partial charge in [0, 0.05) is 31.0 Å². The third kappa shape index (κ3) is 2.17. The number of hydrogen-bond acceptors (Lipinski definition) is 4. The quantitative estimate of drug-likeness (QED) is 0.801. The molecule has 0 bridgehead atoms. The van der Waals surface area contributed by atoms with Gasteiger partial charge in [-0.1, -0.05) is 0 Å². The molecule has 104 valence electrons. The van der Waals surface area contributed by atoms with E-state index in [0.717, 1.165) is 18.7 Å². The van der Waals surface area contributed by atoms with Crippen LogP contribution in [0.3, 0.4) is 0 Å². The lowest BCUT2D eigenvalue weighted by Crippen LogP contribution is -2.35. The molecule has 6 heteroatoms. The minimum absolute atomic E-state index is 0.306. The SMILES string of the molecule is Cc1ccc(S(=O)(=O)N2C[C@H]3CCN(C)[C@H]3C2)cn1. The fraction of sp³-hybridized carbons (Fsp3) is 0.615. The summed E-state index contributed by atoms with van der Waals surface area (Å²) in [6.45, 7) is 4.18. The van der Waals surface area contributed by atoms with Crippen molar-refractivity contribution in [1.82, 2.24) is 14.2 Å². The van der Waals surface area contributed by atoms with E-state index in [0.29, 0.717) is 29.9 Å². The maximum atomic E-state index is 12.6. The van der Waals surface area contributed by atoms with E-state index < -0.39 is 10.0 Å². The Morgan fingerprint density at radius 1 is 1.32 bits per heavy atom. The van der Waals surface area contributed by atoms with Crippen LogP contribution in [0, 0.1) is 12.8 Å². The highest BCUT2D eigenvalue weighted by molar-refractivity contribution is 7.89. The summed E-state index contributed by atoms with van der Waals surface area (Å²) in [6.07, 6.45) is 2.56. The molecular formula is C13H19N3O2S. The fourth-order valence-electron chi connectivity index (χ4n) is 3.09. The zero-order valence-corrected chi connectivity index (χ0v) is 12.1. The third-order valence-electron chi connectivity index (χ3n) is 4.31. The van der Waals surface area contributed by atoms with E-state index in [-0.39, 0.29) is 0 Å². The average molecular weight is 281 g/mol. The van der Waals surface area contributed by atoms with Gasteiger partial charge in [0.1, 0.15) is 4.90 Å². The molecular weight excluding hydrogens is 262 g/mol. The van der Waals surface area contributed by atoms with Gasteiger partial charge in [-0.25, -0.2) is 8.42 Å². The molecule has 0 aliphatic carbocycles. The van der Waals surface area contributed by atoms with Crippen LogP contribution in [0.25, 0.3) is 0 Å². The van der Waals surface area contributed by atoms with Crippen LogP contribution in [0.2, 0.25) is 0 Å². The van der Waals surface area contributed by atoms with Crippen LogP contribution in [0.1, 0.15) is 12.1 Å². The molecule has 0 radical (unpaired) electrons. The van der Waals surface area contributed by atoms with Crippen LogP contribution in [0.5, 0.6) is 0 Å². The third-order valence-corrected chi connectivity index (χ3v) is 6.13. The number of pyridine rings is 1. The predicted octanol–water partition coefficient (Wildman–Crippen LogP) is 0.715. The second kappa shape index (κ2) is 4.54. The Bertz CT molecular complexity index is 570. The minimum Gasteiger partial charge on any atom is -0.302 e. The molecule has 3 heterocycles. The molecule has 19 heavy (non-hydrogen) atoms. The summed E-state index contributed by atoms with van der Waals surface area (Å²) >= 11 is 0. The summed E-state index contributed by atoms with van der Waals surface area (Å²) < 4.78 is 26.7. The van der Waals surface area contributed by atoms with Gasteiger partial charge in [-0.05, 0) is 45.0 Å². The van der Waals surface area contributed by atoms with Crippen molar-refractivity contribution in [2.45, 2.75) is 24.3 Å². The van der Waals surface area contributed by atoms with Gasteiger partial charge in [0.25, 0.3) is 0 Å². The van der Waals surface area contributed by atoms with Gasteiger partial charge in [-0.3, -0.25) is 4.98 Å². The lowest BCUT2D eigenvalue weighted by atomic mass is 10.1. The first-order valence-corrected chi connectivity index (χ1v) is 8.05. The van der Waals surface area contributed by atoms with Crippen molar-refractivity contribution in [3.63, 3.8) is 0 Å². The van der Waals surface area contributed by atoms with Crippen LogP contribution in [-0.4, -0.2) is 55.3 Å². The Hall–Kier alpha value is -0.980. The first kappa shape index (κ1) is 13.0. The first-order valence-electron chi connectivity index (χ1n) is 6.61. The summed E-state index contributed by atoms with van der Waals surface area (Å²) in [5, 5.41) is 0. The van der Waals surface area contributed by atoms with Crippen LogP contribution in [0.15, 0.2) is 23.2 Å². The zero-order valence-electron chi connectivity index (χ0n) is 11.3. The summed E-state index contributed by atoms with van der Waals surface area (Å²) in [5.74, 6) is 0.484. The molecule has 3 rings (SSSR count). The second-order valence-corrected chi connectivity index (χ2v) is 7.49. The van der Waals surface area contributed by atoms with E-state index in [1.165, 1.54) is 6.20 Å². The van der Waals surface area contributed by atoms with E-state index in [4.69, 9.17) is 0 Å². The molecule has 0 spiro atoms. The van der Waals surface area contributed by atoms with Crippen LogP contribution >= 0.6 is 0 Å². The number of hydrogen-bond donors (Lipinski definition) is 0. The van der Waals surface area contributed by atoms with Gasteiger partial charge in [-0.15, -0.1) is 0 Å². The first-order chi connectivity index (χ1) is 8.98. The molecule has 0 N–H and O–H groups in total. The molecule has 0 aromatic carbocycles. The lowest BCUT2D eigenvalue weighted by Gasteiger charge is -2.20. The highest BCUT2D eigenvalue weighted by atomic mass is 32.2. The number of fused-ring (bicyclic) bond motifs is 1. The number of aryl methyl sites for hydroxylation is 1. The monoisotopic (exact) mass is 281 g/mol. The highest BCUT2D eigenvalue weighted by Gasteiger charge is 2.44. The van der Waals surface area contributed by atoms with Crippen molar-refractivity contribution in [2.24, 2.45) is 5.92 Å². The lowest BCUT2D eigenvalue weighted by molar-refractivity contribution is 0.297. The Kier molecular flexibility index (Phi) is 3.11. The maximum absolute atomic E-state index is 12.6. The van der Waals surface area contributed by atoms with Gasteiger partial charge in [-0.2, -0.15) is 4.31 Å². The van der Waals surface area contributed by atoms with Crippen molar-refractivity contribution >= 4 is 10.0 Å². The van der Waals surface area contributed by atoms with E-state index in [1.807, 2.05) is 6.92 Å².